The van der Waals surface area contributed by atoms with E-state index in [1.54, 1.807) is 12.1 Å². The molecule has 2 rings (SSSR count). The van der Waals surface area contributed by atoms with E-state index in [1.807, 2.05) is 25.1 Å². The van der Waals surface area contributed by atoms with Gasteiger partial charge < -0.3 is 14.2 Å². The fraction of sp³-hybridized carbons (Fsp3) is 0.412. The van der Waals surface area contributed by atoms with Crippen LogP contribution in [0.3, 0.4) is 0 Å². The van der Waals surface area contributed by atoms with Gasteiger partial charge >= 0.3 is 11.9 Å². The molecule has 130 valence electrons. The minimum atomic E-state index is -1.17. The van der Waals surface area contributed by atoms with Crippen molar-refractivity contribution in [2.24, 2.45) is 0 Å². The van der Waals surface area contributed by atoms with Gasteiger partial charge in [0, 0.05) is 13.0 Å². The summed E-state index contributed by atoms with van der Waals surface area (Å²) >= 11 is 0. The monoisotopic (exact) mass is 336 g/mol. The predicted molar refractivity (Wildman–Crippen MR) is 82.4 cm³/mol. The second kappa shape index (κ2) is 8.05. The lowest BCUT2D eigenvalue weighted by molar-refractivity contribution is -0.357. The maximum Gasteiger partial charge on any atom is 0.345 e. The predicted octanol–water partition coefficient (Wildman–Crippen LogP) is 1.87. The van der Waals surface area contributed by atoms with Gasteiger partial charge in [-0.1, -0.05) is 30.3 Å². The van der Waals surface area contributed by atoms with Crippen molar-refractivity contribution in [3.8, 4) is 0 Å². The Morgan fingerprint density at radius 2 is 1.83 bits per heavy atom. The van der Waals surface area contributed by atoms with E-state index in [9.17, 15) is 9.59 Å². The maximum atomic E-state index is 12.0. The fourth-order valence-corrected chi connectivity index (χ4v) is 2.43. The molecule has 0 saturated carbocycles. The summed E-state index contributed by atoms with van der Waals surface area (Å²) in [6.45, 7) is 2.26. The summed E-state index contributed by atoms with van der Waals surface area (Å²) in [5.41, 5.74) is -0.735. The van der Waals surface area contributed by atoms with Crippen LogP contribution in [0.25, 0.3) is 0 Å². The first-order chi connectivity index (χ1) is 11.6. The molecular weight excluding hydrogens is 316 g/mol. The highest BCUT2D eigenvalue weighted by atomic mass is 17.2. The first kappa shape index (κ1) is 18.1. The van der Waals surface area contributed by atoms with Gasteiger partial charge in [0.15, 0.2) is 11.9 Å². The van der Waals surface area contributed by atoms with E-state index in [4.69, 9.17) is 14.5 Å². The summed E-state index contributed by atoms with van der Waals surface area (Å²) in [5, 5.41) is 0. The second-order valence-corrected chi connectivity index (χ2v) is 5.07. The lowest BCUT2D eigenvalue weighted by Crippen LogP contribution is -2.27. The van der Waals surface area contributed by atoms with Gasteiger partial charge in [0.25, 0.3) is 0 Å². The van der Waals surface area contributed by atoms with E-state index in [-0.39, 0.29) is 12.0 Å². The molecule has 0 unspecified atom stereocenters. The van der Waals surface area contributed by atoms with Crippen molar-refractivity contribution >= 4 is 11.9 Å². The summed E-state index contributed by atoms with van der Waals surface area (Å²) in [5.74, 6) is -1.64. The Balaban J connectivity index is 2.48. The number of carbonyl (C=O) groups is 2. The van der Waals surface area contributed by atoms with Crippen LogP contribution in [0.1, 0.15) is 18.9 Å². The van der Waals surface area contributed by atoms with Gasteiger partial charge in [-0.05, 0) is 18.6 Å². The number of carbonyl (C=O) groups excluding carboxylic acids is 2. The number of benzene rings is 1. The number of esters is 2. The van der Waals surface area contributed by atoms with Crippen LogP contribution in [0.2, 0.25) is 0 Å². The summed E-state index contributed by atoms with van der Waals surface area (Å²) < 4.78 is 14.8. The molecule has 2 atom stereocenters. The Bertz CT molecular complexity index is 593. The Morgan fingerprint density at radius 3 is 2.38 bits per heavy atom. The third-order valence-corrected chi connectivity index (χ3v) is 3.58. The molecule has 1 aliphatic heterocycles. The molecule has 0 amide bonds. The smallest absolute Gasteiger partial charge is 0.345 e. The lowest BCUT2D eigenvalue weighted by atomic mass is 9.88. The maximum absolute atomic E-state index is 12.0. The molecule has 7 nitrogen and oxygen atoms in total. The molecule has 0 radical (unpaired) electrons. The van der Waals surface area contributed by atoms with Gasteiger partial charge in [-0.15, -0.1) is 0 Å². The molecule has 24 heavy (non-hydrogen) atoms. The third kappa shape index (κ3) is 3.81. The first-order valence-electron chi connectivity index (χ1n) is 7.47. The summed E-state index contributed by atoms with van der Waals surface area (Å²) in [4.78, 5) is 34.6. The molecular formula is C17H20O7. The minimum absolute atomic E-state index is 0.266. The Kier molecular flexibility index (Phi) is 6.08. The average Bonchev–Trinajstić information content (AvgIpc) is 3.03. The second-order valence-electron chi connectivity index (χ2n) is 5.07. The quantitative estimate of drug-likeness (QED) is 0.258. The van der Waals surface area contributed by atoms with E-state index >= 15 is 0 Å². The van der Waals surface area contributed by atoms with Crippen LogP contribution in [-0.4, -0.2) is 39.1 Å². The molecule has 0 N–H and O–H groups in total. The molecule has 1 aromatic rings. The highest BCUT2D eigenvalue weighted by Gasteiger charge is 2.45. The normalized spacial score (nSPS) is 22.7. The number of methoxy groups -OCH3 is 2. The molecule has 0 bridgehead atoms. The molecule has 0 aromatic heterocycles. The SMILES string of the molecule is CCO[C@@H]1C[C@](C=C(C(=O)OC)C(=O)OC)(c2ccccc2)OO1. The molecule has 1 heterocycles. The van der Waals surface area contributed by atoms with Crippen LogP contribution in [0.5, 0.6) is 0 Å². The van der Waals surface area contributed by atoms with Crippen molar-refractivity contribution in [1.82, 2.24) is 0 Å². The Morgan fingerprint density at radius 1 is 1.21 bits per heavy atom. The average molecular weight is 336 g/mol. The van der Waals surface area contributed by atoms with Gasteiger partial charge in [0.2, 0.25) is 0 Å². The van der Waals surface area contributed by atoms with Gasteiger partial charge in [0.1, 0.15) is 5.57 Å². The van der Waals surface area contributed by atoms with E-state index in [2.05, 4.69) is 9.47 Å². The number of ether oxygens (including phenoxy) is 3. The zero-order chi connectivity index (χ0) is 17.6. The van der Waals surface area contributed by atoms with Gasteiger partial charge in [0.05, 0.1) is 14.2 Å². The van der Waals surface area contributed by atoms with Crippen molar-refractivity contribution in [2.75, 3.05) is 20.8 Å². The Hall–Kier alpha value is -2.22. The van der Waals surface area contributed by atoms with Gasteiger partial charge in [-0.25, -0.2) is 19.4 Å². The van der Waals surface area contributed by atoms with E-state index in [1.165, 1.54) is 20.3 Å². The van der Waals surface area contributed by atoms with Crippen LogP contribution >= 0.6 is 0 Å². The lowest BCUT2D eigenvalue weighted by Gasteiger charge is -2.23. The summed E-state index contributed by atoms with van der Waals surface area (Å²) in [6.07, 6.45) is 1.00. The fourth-order valence-electron chi connectivity index (χ4n) is 2.43. The molecule has 1 saturated heterocycles. The zero-order valence-corrected chi connectivity index (χ0v) is 13.8. The topological polar surface area (TPSA) is 80.3 Å². The molecule has 7 heteroatoms. The molecule has 1 aliphatic rings. The standard InChI is InChI=1S/C17H20O7/c1-4-22-14-11-17(24-23-14,12-8-6-5-7-9-12)10-13(15(18)20-2)16(19)21-3/h5-10,14H,4,11H2,1-3H3/t14-,17+/m0/s1. The number of hydrogen-bond donors (Lipinski definition) is 0. The van der Waals surface area contributed by atoms with Crippen molar-refractivity contribution in [3.05, 3.63) is 47.5 Å². The first-order valence-corrected chi connectivity index (χ1v) is 7.47. The van der Waals surface area contributed by atoms with Crippen LogP contribution in [0.4, 0.5) is 0 Å². The molecule has 1 fully saturated rings. The zero-order valence-electron chi connectivity index (χ0n) is 13.8. The van der Waals surface area contributed by atoms with E-state index in [0.717, 1.165) is 0 Å². The van der Waals surface area contributed by atoms with E-state index in [0.29, 0.717) is 12.2 Å². The van der Waals surface area contributed by atoms with Crippen LogP contribution < -0.4 is 0 Å². The van der Waals surface area contributed by atoms with Crippen LogP contribution in [0.15, 0.2) is 42.0 Å². The largest absolute Gasteiger partial charge is 0.465 e. The number of rotatable bonds is 6. The summed E-state index contributed by atoms with van der Waals surface area (Å²) in [7, 11) is 2.37. The highest BCUT2D eigenvalue weighted by Crippen LogP contribution is 2.40. The highest BCUT2D eigenvalue weighted by molar-refractivity contribution is 6.14. The molecule has 1 aromatic carbocycles. The third-order valence-electron chi connectivity index (χ3n) is 3.58. The van der Waals surface area contributed by atoms with Gasteiger partial charge in [-0.2, -0.15) is 0 Å². The van der Waals surface area contributed by atoms with Crippen molar-refractivity contribution < 1.29 is 33.6 Å². The molecule has 0 spiro atoms. The van der Waals surface area contributed by atoms with Crippen LogP contribution in [0, 0.1) is 0 Å². The van der Waals surface area contributed by atoms with Gasteiger partial charge in [-0.3, -0.25) is 0 Å². The van der Waals surface area contributed by atoms with Crippen LogP contribution in [-0.2, 0) is 39.2 Å². The van der Waals surface area contributed by atoms with Crippen molar-refractivity contribution in [3.63, 3.8) is 0 Å². The van der Waals surface area contributed by atoms with Crippen molar-refractivity contribution in [1.29, 1.82) is 0 Å². The molecule has 0 aliphatic carbocycles. The summed E-state index contributed by atoms with van der Waals surface area (Å²) in [6, 6.07) is 9.09. The van der Waals surface area contributed by atoms with Crippen molar-refractivity contribution in [2.45, 2.75) is 25.2 Å². The minimum Gasteiger partial charge on any atom is -0.465 e. The number of hydrogen-bond acceptors (Lipinski definition) is 7. The van der Waals surface area contributed by atoms with E-state index < -0.39 is 23.8 Å². The Labute approximate surface area is 140 Å².